The van der Waals surface area contributed by atoms with Gasteiger partial charge in [-0.1, -0.05) is 30.3 Å². The van der Waals surface area contributed by atoms with E-state index in [1.807, 2.05) is 18.2 Å². The Labute approximate surface area is 105 Å². The van der Waals surface area contributed by atoms with Crippen LogP contribution in [0.2, 0.25) is 0 Å². The first-order valence-electron chi connectivity index (χ1n) is 6.10. The molecule has 2 aromatic rings. The molecule has 0 bridgehead atoms. The van der Waals surface area contributed by atoms with Crippen molar-refractivity contribution in [3.05, 3.63) is 71.5 Å². The molecule has 1 aliphatic rings. The van der Waals surface area contributed by atoms with Crippen molar-refractivity contribution in [2.24, 2.45) is 5.92 Å². The fraction of sp³-hybridized carbons (Fsp3) is 0.188. The molecule has 0 N–H and O–H groups in total. The Balaban J connectivity index is 1.75. The molecule has 0 amide bonds. The smallest absolute Gasteiger partial charge is 0.166 e. The zero-order valence-corrected chi connectivity index (χ0v) is 9.84. The summed E-state index contributed by atoms with van der Waals surface area (Å²) in [5, 5.41) is 0. The molecular weight excluding hydrogens is 227 g/mol. The van der Waals surface area contributed by atoms with Crippen LogP contribution in [0.25, 0.3) is 0 Å². The molecule has 18 heavy (non-hydrogen) atoms. The molecule has 3 rings (SSSR count). The number of rotatable bonds is 3. The molecule has 2 unspecified atom stereocenters. The topological polar surface area (TPSA) is 17.1 Å². The van der Waals surface area contributed by atoms with Gasteiger partial charge in [-0.2, -0.15) is 0 Å². The zero-order chi connectivity index (χ0) is 12.5. The molecule has 90 valence electrons. The fourth-order valence-electron chi connectivity index (χ4n) is 2.38. The van der Waals surface area contributed by atoms with Gasteiger partial charge in [0, 0.05) is 11.5 Å². The molecule has 1 fully saturated rings. The Bertz CT molecular complexity index is 559. The molecule has 0 spiro atoms. The van der Waals surface area contributed by atoms with E-state index in [1.54, 1.807) is 12.1 Å². The van der Waals surface area contributed by atoms with Gasteiger partial charge in [-0.15, -0.1) is 0 Å². The molecule has 2 aromatic carbocycles. The third-order valence-electron chi connectivity index (χ3n) is 3.48. The largest absolute Gasteiger partial charge is 0.294 e. The Morgan fingerprint density at radius 2 is 1.67 bits per heavy atom. The molecule has 0 aromatic heterocycles. The van der Waals surface area contributed by atoms with Crippen LogP contribution in [0.3, 0.4) is 0 Å². The van der Waals surface area contributed by atoms with Gasteiger partial charge in [0.1, 0.15) is 5.82 Å². The van der Waals surface area contributed by atoms with Crippen molar-refractivity contribution in [2.75, 3.05) is 0 Å². The second-order valence-corrected chi connectivity index (χ2v) is 4.73. The molecular formula is C16H13FO. The maximum absolute atomic E-state index is 12.8. The number of ketones is 1. The number of Topliss-reactive ketones (excluding diaryl/α,β-unsaturated/α-hetero) is 1. The Morgan fingerprint density at radius 3 is 2.33 bits per heavy atom. The lowest BCUT2D eigenvalue weighted by Gasteiger charge is -2.01. The maximum Gasteiger partial charge on any atom is 0.166 e. The first-order valence-corrected chi connectivity index (χ1v) is 6.10. The molecule has 2 heteroatoms. The Morgan fingerprint density at radius 1 is 1.00 bits per heavy atom. The molecule has 1 aliphatic carbocycles. The van der Waals surface area contributed by atoms with E-state index < -0.39 is 0 Å². The second-order valence-electron chi connectivity index (χ2n) is 4.73. The number of hydrogen-bond donors (Lipinski definition) is 0. The lowest BCUT2D eigenvalue weighted by atomic mass is 10.0. The second kappa shape index (κ2) is 4.37. The quantitative estimate of drug-likeness (QED) is 0.745. The first-order chi connectivity index (χ1) is 8.75. The highest BCUT2D eigenvalue weighted by atomic mass is 19.1. The summed E-state index contributed by atoms with van der Waals surface area (Å²) in [6.07, 6.45) is 0.903. The minimum Gasteiger partial charge on any atom is -0.294 e. The van der Waals surface area contributed by atoms with Crippen molar-refractivity contribution in [2.45, 2.75) is 12.3 Å². The third kappa shape index (κ3) is 2.06. The number of carbonyl (C=O) groups excluding carboxylic acids is 1. The van der Waals surface area contributed by atoms with Gasteiger partial charge in [0.2, 0.25) is 0 Å². The number of carbonyl (C=O) groups is 1. The van der Waals surface area contributed by atoms with Crippen LogP contribution in [-0.2, 0) is 0 Å². The maximum atomic E-state index is 12.8. The number of hydrogen-bond acceptors (Lipinski definition) is 1. The lowest BCUT2D eigenvalue weighted by molar-refractivity contribution is 0.0965. The minimum absolute atomic E-state index is 0.0675. The predicted octanol–water partition coefficient (Wildman–Crippen LogP) is 3.81. The highest BCUT2D eigenvalue weighted by Crippen LogP contribution is 2.49. The van der Waals surface area contributed by atoms with Crippen molar-refractivity contribution in [3.8, 4) is 0 Å². The Hall–Kier alpha value is -1.96. The van der Waals surface area contributed by atoms with Gasteiger partial charge >= 0.3 is 0 Å². The van der Waals surface area contributed by atoms with E-state index in [2.05, 4.69) is 12.1 Å². The summed E-state index contributed by atoms with van der Waals surface area (Å²) in [6, 6.07) is 15.9. The van der Waals surface area contributed by atoms with E-state index >= 15 is 0 Å². The van der Waals surface area contributed by atoms with Crippen LogP contribution in [0.15, 0.2) is 54.6 Å². The molecule has 0 saturated heterocycles. The van der Waals surface area contributed by atoms with Crippen molar-refractivity contribution in [1.82, 2.24) is 0 Å². The molecule has 0 aliphatic heterocycles. The van der Waals surface area contributed by atoms with Gasteiger partial charge < -0.3 is 0 Å². The fourth-order valence-corrected chi connectivity index (χ4v) is 2.38. The monoisotopic (exact) mass is 240 g/mol. The zero-order valence-electron chi connectivity index (χ0n) is 9.84. The van der Waals surface area contributed by atoms with Crippen molar-refractivity contribution < 1.29 is 9.18 Å². The van der Waals surface area contributed by atoms with Gasteiger partial charge in [-0.3, -0.25) is 4.79 Å². The first kappa shape index (κ1) is 11.1. The van der Waals surface area contributed by atoms with Crippen molar-refractivity contribution in [1.29, 1.82) is 0 Å². The van der Waals surface area contributed by atoms with Gasteiger partial charge in [0.25, 0.3) is 0 Å². The van der Waals surface area contributed by atoms with Crippen LogP contribution in [0, 0.1) is 11.7 Å². The van der Waals surface area contributed by atoms with E-state index in [-0.39, 0.29) is 17.5 Å². The summed E-state index contributed by atoms with van der Waals surface area (Å²) in [7, 11) is 0. The lowest BCUT2D eigenvalue weighted by Crippen LogP contribution is -2.03. The molecule has 0 radical (unpaired) electrons. The van der Waals surface area contributed by atoms with Crippen molar-refractivity contribution in [3.63, 3.8) is 0 Å². The van der Waals surface area contributed by atoms with Gasteiger partial charge in [-0.05, 0) is 42.2 Å². The highest BCUT2D eigenvalue weighted by Gasteiger charge is 2.43. The van der Waals surface area contributed by atoms with E-state index in [0.717, 1.165) is 6.42 Å². The van der Waals surface area contributed by atoms with Gasteiger partial charge in [0.15, 0.2) is 5.78 Å². The average Bonchev–Trinajstić information content (AvgIpc) is 3.20. The molecule has 1 saturated carbocycles. The molecule has 0 heterocycles. The SMILES string of the molecule is O=C(c1ccc(F)cc1)C1CC1c1ccccc1. The summed E-state index contributed by atoms with van der Waals surface area (Å²) in [6.45, 7) is 0. The van der Waals surface area contributed by atoms with E-state index in [0.29, 0.717) is 11.5 Å². The number of halogens is 1. The highest BCUT2D eigenvalue weighted by molar-refractivity contribution is 6.00. The van der Waals surface area contributed by atoms with Crippen LogP contribution in [0.1, 0.15) is 28.3 Å². The summed E-state index contributed by atoms with van der Waals surface area (Å²) in [5.74, 6) is 0.229. The number of benzene rings is 2. The van der Waals surface area contributed by atoms with Crippen LogP contribution in [0.5, 0.6) is 0 Å². The van der Waals surface area contributed by atoms with Crippen LogP contribution >= 0.6 is 0 Å². The van der Waals surface area contributed by atoms with Crippen LogP contribution in [0.4, 0.5) is 4.39 Å². The summed E-state index contributed by atoms with van der Waals surface area (Å²) in [4.78, 5) is 12.2. The van der Waals surface area contributed by atoms with E-state index in [1.165, 1.54) is 17.7 Å². The van der Waals surface area contributed by atoms with Gasteiger partial charge in [-0.25, -0.2) is 4.39 Å². The van der Waals surface area contributed by atoms with Gasteiger partial charge in [0.05, 0.1) is 0 Å². The Kier molecular flexibility index (Phi) is 2.71. The molecule has 1 nitrogen and oxygen atoms in total. The standard InChI is InChI=1S/C16H13FO/c17-13-8-6-12(7-9-13)16(18)15-10-14(15)11-4-2-1-3-5-11/h1-9,14-15H,10H2. The summed E-state index contributed by atoms with van der Waals surface area (Å²) >= 11 is 0. The normalized spacial score (nSPS) is 21.6. The van der Waals surface area contributed by atoms with Crippen molar-refractivity contribution >= 4 is 5.78 Å². The molecule has 2 atom stereocenters. The van der Waals surface area contributed by atoms with Crippen LogP contribution < -0.4 is 0 Å². The minimum atomic E-state index is -0.304. The summed E-state index contributed by atoms with van der Waals surface area (Å²) in [5.41, 5.74) is 1.83. The summed E-state index contributed by atoms with van der Waals surface area (Å²) < 4.78 is 12.8. The predicted molar refractivity (Wildman–Crippen MR) is 68.0 cm³/mol. The van der Waals surface area contributed by atoms with E-state index in [9.17, 15) is 9.18 Å². The third-order valence-corrected chi connectivity index (χ3v) is 3.48. The van der Waals surface area contributed by atoms with E-state index in [4.69, 9.17) is 0 Å². The average molecular weight is 240 g/mol. The van der Waals surface area contributed by atoms with Crippen LogP contribution in [-0.4, -0.2) is 5.78 Å².